The third kappa shape index (κ3) is 2.87. The molecule has 0 aromatic carbocycles. The van der Waals surface area contributed by atoms with E-state index in [9.17, 15) is 9.59 Å². The number of aromatic nitrogens is 1. The van der Waals surface area contributed by atoms with E-state index in [-0.39, 0.29) is 18.2 Å². The number of hydrogen-bond donors (Lipinski definition) is 2. The Morgan fingerprint density at radius 2 is 2.12 bits per heavy atom. The molecule has 0 saturated carbocycles. The zero-order valence-corrected chi connectivity index (χ0v) is 9.56. The number of carboxylic acids is 1. The van der Waals surface area contributed by atoms with Gasteiger partial charge >= 0.3 is 5.97 Å². The molecule has 0 atom stereocenters. The number of nitrogens with zero attached hydrogens (tertiary/aromatic N) is 1. The van der Waals surface area contributed by atoms with Gasteiger partial charge in [-0.3, -0.25) is 9.59 Å². The quantitative estimate of drug-likeness (QED) is 0.831. The molecule has 1 aliphatic rings. The zero-order chi connectivity index (χ0) is 12.3. The molecule has 2 heterocycles. The molecular weight excluding hydrogens is 220 g/mol. The van der Waals surface area contributed by atoms with Crippen LogP contribution in [0.4, 0.5) is 0 Å². The number of carbonyl (C=O) groups excluding carboxylic acids is 1. The molecule has 2 N–H and O–H groups in total. The number of carboxylic acid groups (broad SMARTS) is 1. The van der Waals surface area contributed by atoms with E-state index >= 15 is 0 Å². The van der Waals surface area contributed by atoms with Gasteiger partial charge in [-0.1, -0.05) is 0 Å². The molecule has 1 aromatic heterocycles. The molecule has 0 spiro atoms. The maximum atomic E-state index is 12.0. The van der Waals surface area contributed by atoms with Gasteiger partial charge in [0.1, 0.15) is 0 Å². The summed E-state index contributed by atoms with van der Waals surface area (Å²) >= 11 is 0. The predicted octanol–water partition coefficient (Wildman–Crippen LogP) is 1.34. The van der Waals surface area contributed by atoms with Crippen LogP contribution in [-0.2, 0) is 4.79 Å². The normalized spacial score (nSPS) is 17.1. The van der Waals surface area contributed by atoms with E-state index in [0.717, 1.165) is 12.8 Å². The second kappa shape index (κ2) is 5.03. The highest BCUT2D eigenvalue weighted by atomic mass is 16.4. The highest BCUT2D eigenvalue weighted by molar-refractivity contribution is 5.94. The average Bonchev–Trinajstić information content (AvgIpc) is 2.82. The molecule has 5 heteroatoms. The molecule has 17 heavy (non-hydrogen) atoms. The molecule has 0 radical (unpaired) electrons. The van der Waals surface area contributed by atoms with Gasteiger partial charge in [0.15, 0.2) is 0 Å². The summed E-state index contributed by atoms with van der Waals surface area (Å²) in [6.07, 6.45) is 5.19. The van der Waals surface area contributed by atoms with Gasteiger partial charge in [0.05, 0.1) is 5.56 Å². The first-order chi connectivity index (χ1) is 8.16. The van der Waals surface area contributed by atoms with Crippen LogP contribution in [0.5, 0.6) is 0 Å². The summed E-state index contributed by atoms with van der Waals surface area (Å²) in [5.41, 5.74) is 0.668. The number of rotatable bonds is 3. The van der Waals surface area contributed by atoms with Crippen molar-refractivity contribution in [2.24, 2.45) is 5.92 Å². The van der Waals surface area contributed by atoms with Crippen LogP contribution in [0, 0.1) is 5.92 Å². The maximum Gasteiger partial charge on any atom is 0.303 e. The van der Waals surface area contributed by atoms with E-state index in [1.165, 1.54) is 0 Å². The second-order valence-corrected chi connectivity index (χ2v) is 4.43. The van der Waals surface area contributed by atoms with Gasteiger partial charge in [0.25, 0.3) is 5.91 Å². The fourth-order valence-electron chi connectivity index (χ4n) is 2.23. The third-order valence-electron chi connectivity index (χ3n) is 3.21. The minimum atomic E-state index is -0.750. The van der Waals surface area contributed by atoms with E-state index in [1.807, 2.05) is 0 Å². The molecule has 1 aliphatic heterocycles. The van der Waals surface area contributed by atoms with Crippen LogP contribution in [0.2, 0.25) is 0 Å². The first-order valence-corrected chi connectivity index (χ1v) is 5.80. The number of nitrogens with one attached hydrogen (secondary N) is 1. The van der Waals surface area contributed by atoms with Crippen molar-refractivity contribution in [1.29, 1.82) is 0 Å². The number of carbonyl (C=O) groups is 2. The van der Waals surface area contributed by atoms with Crippen LogP contribution in [-0.4, -0.2) is 40.0 Å². The summed E-state index contributed by atoms with van der Waals surface area (Å²) in [7, 11) is 0. The molecule has 1 aromatic rings. The molecule has 2 rings (SSSR count). The van der Waals surface area contributed by atoms with E-state index < -0.39 is 5.97 Å². The molecule has 1 fully saturated rings. The highest BCUT2D eigenvalue weighted by Crippen LogP contribution is 2.21. The van der Waals surface area contributed by atoms with Gasteiger partial charge in [0, 0.05) is 31.9 Å². The van der Waals surface area contributed by atoms with E-state index in [2.05, 4.69) is 4.98 Å². The third-order valence-corrected chi connectivity index (χ3v) is 3.21. The van der Waals surface area contributed by atoms with Crippen molar-refractivity contribution < 1.29 is 14.7 Å². The summed E-state index contributed by atoms with van der Waals surface area (Å²) in [6.45, 7) is 1.31. The van der Waals surface area contributed by atoms with Crippen molar-refractivity contribution in [3.63, 3.8) is 0 Å². The van der Waals surface area contributed by atoms with Crippen molar-refractivity contribution in [3.8, 4) is 0 Å². The van der Waals surface area contributed by atoms with E-state index in [0.29, 0.717) is 18.7 Å². The Hall–Kier alpha value is -1.78. The number of aliphatic carboxylic acids is 1. The minimum Gasteiger partial charge on any atom is -0.481 e. The van der Waals surface area contributed by atoms with E-state index in [1.54, 1.807) is 23.4 Å². The van der Waals surface area contributed by atoms with Gasteiger partial charge < -0.3 is 15.0 Å². The lowest BCUT2D eigenvalue weighted by atomic mass is 9.93. The number of hydrogen-bond acceptors (Lipinski definition) is 2. The van der Waals surface area contributed by atoms with Crippen LogP contribution in [0.1, 0.15) is 29.6 Å². The van der Waals surface area contributed by atoms with Gasteiger partial charge in [-0.05, 0) is 24.8 Å². The summed E-state index contributed by atoms with van der Waals surface area (Å²) < 4.78 is 0. The second-order valence-electron chi connectivity index (χ2n) is 4.43. The molecule has 5 nitrogen and oxygen atoms in total. The highest BCUT2D eigenvalue weighted by Gasteiger charge is 2.24. The number of aromatic amines is 1. The molecule has 1 saturated heterocycles. The lowest BCUT2D eigenvalue weighted by Gasteiger charge is -2.31. The standard InChI is InChI=1S/C12H16N2O3/c15-11(16)7-9-2-5-14(6-3-9)12(17)10-1-4-13-8-10/h1,4,8-9,13H,2-3,5-7H2,(H,15,16). The summed E-state index contributed by atoms with van der Waals surface area (Å²) in [5, 5.41) is 8.71. The molecule has 92 valence electrons. The fourth-order valence-corrected chi connectivity index (χ4v) is 2.23. The number of likely N-dealkylation sites (tertiary alicyclic amines) is 1. The molecule has 0 unspecified atom stereocenters. The van der Waals surface area contributed by atoms with Gasteiger partial charge in [0.2, 0.25) is 0 Å². The summed E-state index contributed by atoms with van der Waals surface area (Å²) in [5.74, 6) is -0.511. The Morgan fingerprint density at radius 3 is 2.65 bits per heavy atom. The minimum absolute atomic E-state index is 0.0278. The largest absolute Gasteiger partial charge is 0.481 e. The Morgan fingerprint density at radius 1 is 1.41 bits per heavy atom. The molecular formula is C12H16N2O3. The lowest BCUT2D eigenvalue weighted by Crippen LogP contribution is -2.38. The Balaban J connectivity index is 1.87. The zero-order valence-electron chi connectivity index (χ0n) is 9.56. The van der Waals surface area contributed by atoms with Crippen molar-refractivity contribution in [3.05, 3.63) is 24.0 Å². The summed E-state index contributed by atoms with van der Waals surface area (Å²) in [6, 6.07) is 1.76. The molecule has 0 bridgehead atoms. The van der Waals surface area contributed by atoms with Gasteiger partial charge in [-0.25, -0.2) is 0 Å². The van der Waals surface area contributed by atoms with Crippen molar-refractivity contribution >= 4 is 11.9 Å². The van der Waals surface area contributed by atoms with Crippen LogP contribution < -0.4 is 0 Å². The van der Waals surface area contributed by atoms with E-state index in [4.69, 9.17) is 5.11 Å². The Labute approximate surface area is 99.4 Å². The SMILES string of the molecule is O=C(O)CC1CCN(C(=O)c2cc[nH]c2)CC1. The first-order valence-electron chi connectivity index (χ1n) is 5.80. The van der Waals surface area contributed by atoms with Crippen LogP contribution in [0.25, 0.3) is 0 Å². The van der Waals surface area contributed by atoms with Crippen LogP contribution in [0.15, 0.2) is 18.5 Å². The first kappa shape index (κ1) is 11.7. The smallest absolute Gasteiger partial charge is 0.303 e. The van der Waals surface area contributed by atoms with Crippen molar-refractivity contribution in [1.82, 2.24) is 9.88 Å². The monoisotopic (exact) mass is 236 g/mol. The summed E-state index contributed by atoms with van der Waals surface area (Å²) in [4.78, 5) is 27.2. The van der Waals surface area contributed by atoms with Gasteiger partial charge in [-0.15, -0.1) is 0 Å². The van der Waals surface area contributed by atoms with Crippen LogP contribution in [0.3, 0.4) is 0 Å². The number of amides is 1. The maximum absolute atomic E-state index is 12.0. The lowest BCUT2D eigenvalue weighted by molar-refractivity contribution is -0.138. The Bertz CT molecular complexity index is 392. The average molecular weight is 236 g/mol. The topological polar surface area (TPSA) is 73.4 Å². The van der Waals surface area contributed by atoms with Crippen molar-refractivity contribution in [2.45, 2.75) is 19.3 Å². The number of H-pyrrole nitrogens is 1. The molecule has 0 aliphatic carbocycles. The van der Waals surface area contributed by atoms with Crippen molar-refractivity contribution in [2.75, 3.05) is 13.1 Å². The van der Waals surface area contributed by atoms with Crippen LogP contribution >= 0.6 is 0 Å². The Kier molecular flexibility index (Phi) is 3.46. The number of piperidine rings is 1. The fraction of sp³-hybridized carbons (Fsp3) is 0.500. The van der Waals surface area contributed by atoms with Gasteiger partial charge in [-0.2, -0.15) is 0 Å². The molecule has 1 amide bonds. The predicted molar refractivity (Wildman–Crippen MR) is 61.7 cm³/mol.